The van der Waals surface area contributed by atoms with Gasteiger partial charge in [0.25, 0.3) is 0 Å². The highest BCUT2D eigenvalue weighted by Gasteiger charge is 2.17. The van der Waals surface area contributed by atoms with Gasteiger partial charge in [-0.25, -0.2) is 4.98 Å². The SMILES string of the molecule is c1ccc(CN2CCN(Cc3ncsn3)CC2)cc1. The Hall–Kier alpha value is -1.30. The first-order chi connectivity index (χ1) is 9.40. The summed E-state index contributed by atoms with van der Waals surface area (Å²) in [6.45, 7) is 6.41. The van der Waals surface area contributed by atoms with Crippen LogP contribution in [0.4, 0.5) is 0 Å². The van der Waals surface area contributed by atoms with Gasteiger partial charge in [-0.2, -0.15) is 4.37 Å². The molecule has 0 aliphatic carbocycles. The number of hydrogen-bond donors (Lipinski definition) is 0. The van der Waals surface area contributed by atoms with Crippen LogP contribution >= 0.6 is 11.5 Å². The standard InChI is InChI=1S/C14H18N4S/c1-2-4-13(5-3-1)10-17-6-8-18(9-7-17)11-14-15-12-19-16-14/h1-5,12H,6-11H2. The van der Waals surface area contributed by atoms with Crippen molar-refractivity contribution < 1.29 is 0 Å². The van der Waals surface area contributed by atoms with Crippen LogP contribution in [0.1, 0.15) is 11.4 Å². The smallest absolute Gasteiger partial charge is 0.156 e. The third-order valence-electron chi connectivity index (χ3n) is 3.49. The fraction of sp³-hybridized carbons (Fsp3) is 0.429. The van der Waals surface area contributed by atoms with E-state index < -0.39 is 0 Å². The maximum Gasteiger partial charge on any atom is 0.156 e. The average Bonchev–Trinajstić information content (AvgIpc) is 2.95. The number of benzene rings is 1. The van der Waals surface area contributed by atoms with E-state index in [9.17, 15) is 0 Å². The second-order valence-electron chi connectivity index (χ2n) is 4.89. The monoisotopic (exact) mass is 274 g/mol. The van der Waals surface area contributed by atoms with Crippen LogP contribution in [-0.2, 0) is 13.1 Å². The van der Waals surface area contributed by atoms with Crippen molar-refractivity contribution in [1.82, 2.24) is 19.2 Å². The van der Waals surface area contributed by atoms with Gasteiger partial charge in [-0.1, -0.05) is 30.3 Å². The molecule has 100 valence electrons. The van der Waals surface area contributed by atoms with Crippen molar-refractivity contribution in [1.29, 1.82) is 0 Å². The van der Waals surface area contributed by atoms with Crippen LogP contribution in [0, 0.1) is 0 Å². The molecule has 0 radical (unpaired) electrons. The van der Waals surface area contributed by atoms with E-state index in [2.05, 4.69) is 49.5 Å². The molecule has 0 saturated carbocycles. The normalized spacial score (nSPS) is 17.7. The fourth-order valence-corrected chi connectivity index (χ4v) is 2.85. The van der Waals surface area contributed by atoms with Crippen LogP contribution in [0.2, 0.25) is 0 Å². The first kappa shape index (κ1) is 12.7. The van der Waals surface area contributed by atoms with Gasteiger partial charge in [-0.3, -0.25) is 9.80 Å². The first-order valence-electron chi connectivity index (χ1n) is 6.64. The molecule has 5 heteroatoms. The third kappa shape index (κ3) is 3.59. The van der Waals surface area contributed by atoms with Crippen molar-refractivity contribution in [3.63, 3.8) is 0 Å². The van der Waals surface area contributed by atoms with Crippen molar-refractivity contribution in [2.24, 2.45) is 0 Å². The fourth-order valence-electron chi connectivity index (χ4n) is 2.41. The molecule has 1 aliphatic heterocycles. The quantitative estimate of drug-likeness (QED) is 0.852. The van der Waals surface area contributed by atoms with E-state index in [0.717, 1.165) is 45.1 Å². The maximum atomic E-state index is 4.27. The van der Waals surface area contributed by atoms with Gasteiger partial charge in [-0.05, 0) is 17.1 Å². The van der Waals surface area contributed by atoms with Crippen LogP contribution < -0.4 is 0 Å². The molecule has 19 heavy (non-hydrogen) atoms. The van der Waals surface area contributed by atoms with E-state index in [1.165, 1.54) is 17.1 Å². The molecule has 2 heterocycles. The molecule has 3 rings (SSSR count). The van der Waals surface area contributed by atoms with Gasteiger partial charge in [0.15, 0.2) is 5.82 Å². The van der Waals surface area contributed by atoms with Crippen LogP contribution in [0.5, 0.6) is 0 Å². The molecular formula is C14H18N4S. The molecule has 4 nitrogen and oxygen atoms in total. The Balaban J connectivity index is 1.47. The Kier molecular flexibility index (Phi) is 4.17. The second kappa shape index (κ2) is 6.23. The van der Waals surface area contributed by atoms with E-state index in [1.54, 1.807) is 5.51 Å². The van der Waals surface area contributed by atoms with E-state index in [1.807, 2.05) is 0 Å². The molecule has 0 spiro atoms. The molecule has 2 aromatic rings. The van der Waals surface area contributed by atoms with Crippen LogP contribution in [0.3, 0.4) is 0 Å². The Morgan fingerprint density at radius 2 is 1.63 bits per heavy atom. The van der Waals surface area contributed by atoms with Gasteiger partial charge in [0.2, 0.25) is 0 Å². The lowest BCUT2D eigenvalue weighted by molar-refractivity contribution is 0.120. The van der Waals surface area contributed by atoms with Crippen molar-refractivity contribution in [3.8, 4) is 0 Å². The van der Waals surface area contributed by atoms with E-state index in [-0.39, 0.29) is 0 Å². The van der Waals surface area contributed by atoms with E-state index in [0.29, 0.717) is 0 Å². The summed E-state index contributed by atoms with van der Waals surface area (Å²) in [5, 5.41) is 0. The highest BCUT2D eigenvalue weighted by atomic mass is 32.1. The molecule has 0 unspecified atom stereocenters. The first-order valence-corrected chi connectivity index (χ1v) is 7.48. The Morgan fingerprint density at radius 1 is 0.947 bits per heavy atom. The largest absolute Gasteiger partial charge is 0.297 e. The van der Waals surface area contributed by atoms with Crippen LogP contribution in [0.15, 0.2) is 35.8 Å². The Bertz CT molecular complexity index is 477. The lowest BCUT2D eigenvalue weighted by Gasteiger charge is -2.34. The minimum absolute atomic E-state index is 0.892. The minimum atomic E-state index is 0.892. The molecule has 1 aromatic carbocycles. The molecule has 1 aliphatic rings. The highest BCUT2D eigenvalue weighted by molar-refractivity contribution is 7.03. The minimum Gasteiger partial charge on any atom is -0.297 e. The molecule has 1 aromatic heterocycles. The zero-order chi connectivity index (χ0) is 12.9. The lowest BCUT2D eigenvalue weighted by atomic mass is 10.2. The number of piperazine rings is 1. The van der Waals surface area contributed by atoms with Crippen LogP contribution in [-0.4, -0.2) is 45.3 Å². The summed E-state index contributed by atoms with van der Waals surface area (Å²) in [4.78, 5) is 9.20. The van der Waals surface area contributed by atoms with E-state index >= 15 is 0 Å². The molecule has 0 bridgehead atoms. The predicted molar refractivity (Wildman–Crippen MR) is 76.9 cm³/mol. The lowest BCUT2D eigenvalue weighted by Crippen LogP contribution is -2.45. The summed E-state index contributed by atoms with van der Waals surface area (Å²) < 4.78 is 4.27. The Labute approximate surface area is 117 Å². The second-order valence-corrected chi connectivity index (χ2v) is 5.49. The van der Waals surface area contributed by atoms with Gasteiger partial charge >= 0.3 is 0 Å². The van der Waals surface area contributed by atoms with E-state index in [4.69, 9.17) is 0 Å². The third-order valence-corrected chi connectivity index (χ3v) is 4.00. The molecule has 1 saturated heterocycles. The van der Waals surface area contributed by atoms with Crippen molar-refractivity contribution in [2.75, 3.05) is 26.2 Å². The van der Waals surface area contributed by atoms with Gasteiger partial charge in [-0.15, -0.1) is 0 Å². The summed E-state index contributed by atoms with van der Waals surface area (Å²) in [5.41, 5.74) is 3.21. The Morgan fingerprint density at radius 3 is 2.26 bits per heavy atom. The zero-order valence-electron chi connectivity index (χ0n) is 10.9. The summed E-state index contributed by atoms with van der Waals surface area (Å²) in [6, 6.07) is 10.7. The molecule has 0 N–H and O–H groups in total. The number of aromatic nitrogens is 2. The van der Waals surface area contributed by atoms with Gasteiger partial charge in [0.1, 0.15) is 5.51 Å². The zero-order valence-corrected chi connectivity index (χ0v) is 11.7. The van der Waals surface area contributed by atoms with Gasteiger partial charge in [0.05, 0.1) is 6.54 Å². The van der Waals surface area contributed by atoms with Crippen molar-refractivity contribution in [2.45, 2.75) is 13.1 Å². The van der Waals surface area contributed by atoms with Gasteiger partial charge in [0, 0.05) is 32.7 Å². The summed E-state index contributed by atoms with van der Waals surface area (Å²) in [7, 11) is 0. The topological polar surface area (TPSA) is 32.3 Å². The van der Waals surface area contributed by atoms with Gasteiger partial charge < -0.3 is 0 Å². The molecule has 0 amide bonds. The maximum absolute atomic E-state index is 4.27. The molecule has 1 fully saturated rings. The number of rotatable bonds is 4. The van der Waals surface area contributed by atoms with Crippen molar-refractivity contribution >= 4 is 11.5 Å². The predicted octanol–water partition coefficient (Wildman–Crippen LogP) is 1.86. The summed E-state index contributed by atoms with van der Waals surface area (Å²) in [6.07, 6.45) is 0. The average molecular weight is 274 g/mol. The summed E-state index contributed by atoms with van der Waals surface area (Å²) >= 11 is 1.43. The number of nitrogens with zero attached hydrogens (tertiary/aromatic N) is 4. The van der Waals surface area contributed by atoms with Crippen molar-refractivity contribution in [3.05, 3.63) is 47.2 Å². The molecule has 0 atom stereocenters. The molecular weight excluding hydrogens is 256 g/mol. The van der Waals surface area contributed by atoms with Crippen LogP contribution in [0.25, 0.3) is 0 Å². The number of hydrogen-bond acceptors (Lipinski definition) is 5. The summed E-state index contributed by atoms with van der Waals surface area (Å²) in [5.74, 6) is 0.960. The highest BCUT2D eigenvalue weighted by Crippen LogP contribution is 2.10.